The molecule has 0 saturated carbocycles. The van der Waals surface area contributed by atoms with Gasteiger partial charge in [0.25, 0.3) is 0 Å². The maximum atomic E-state index is 8.58. The first-order valence-electron chi connectivity index (χ1n) is 4.88. The monoisotopic (exact) mass is 205 g/mol. The van der Waals surface area contributed by atoms with Crippen LogP contribution in [0, 0.1) is 11.3 Å². The van der Waals surface area contributed by atoms with Crippen LogP contribution in [0.25, 0.3) is 0 Å². The number of pyridine rings is 1. The van der Waals surface area contributed by atoms with Crippen LogP contribution in [0.1, 0.15) is 19.0 Å². The van der Waals surface area contributed by atoms with E-state index in [1.807, 2.05) is 12.1 Å². The van der Waals surface area contributed by atoms with Gasteiger partial charge in [0.15, 0.2) is 0 Å². The number of ether oxygens (including phenoxy) is 1. The maximum absolute atomic E-state index is 8.58. The molecule has 1 N–H and O–H groups in total. The van der Waals surface area contributed by atoms with Gasteiger partial charge in [0.2, 0.25) is 0 Å². The molecule has 0 fully saturated rings. The Morgan fingerprint density at radius 3 is 2.93 bits per heavy atom. The zero-order valence-corrected chi connectivity index (χ0v) is 9.03. The molecule has 1 atom stereocenters. The predicted octanol–water partition coefficient (Wildman–Crippen LogP) is 1.79. The average molecular weight is 205 g/mol. The topological polar surface area (TPSA) is 57.9 Å². The quantitative estimate of drug-likeness (QED) is 0.796. The predicted molar refractivity (Wildman–Crippen MR) is 58.5 cm³/mol. The van der Waals surface area contributed by atoms with E-state index in [1.165, 1.54) is 0 Å². The van der Waals surface area contributed by atoms with E-state index in [2.05, 4.69) is 17.2 Å². The average Bonchev–Trinajstić information content (AvgIpc) is 2.27. The van der Waals surface area contributed by atoms with E-state index in [1.54, 1.807) is 19.4 Å². The summed E-state index contributed by atoms with van der Waals surface area (Å²) in [5, 5.41) is 11.9. The molecule has 1 aromatic heterocycles. The van der Waals surface area contributed by atoms with Crippen LogP contribution in [-0.2, 0) is 4.74 Å². The van der Waals surface area contributed by atoms with Crippen molar-refractivity contribution in [3.05, 3.63) is 24.0 Å². The van der Waals surface area contributed by atoms with Crippen molar-refractivity contribution in [1.82, 2.24) is 4.98 Å². The summed E-state index contributed by atoms with van der Waals surface area (Å²) >= 11 is 0. The summed E-state index contributed by atoms with van der Waals surface area (Å²) in [7, 11) is 1.69. The van der Waals surface area contributed by atoms with Crippen molar-refractivity contribution < 1.29 is 4.74 Å². The first-order valence-corrected chi connectivity index (χ1v) is 4.88. The number of nitrogens with one attached hydrogen (secondary N) is 1. The third-order valence-corrected chi connectivity index (χ3v) is 2.05. The Morgan fingerprint density at radius 2 is 2.40 bits per heavy atom. The number of aromatic nitrogens is 1. The SMILES string of the molecule is COCCC(C)Nc1ccc(C#N)nc1. The fraction of sp³-hybridized carbons (Fsp3) is 0.455. The Kier molecular flexibility index (Phi) is 4.58. The Labute approximate surface area is 89.9 Å². The van der Waals surface area contributed by atoms with Crippen LogP contribution in [0.2, 0.25) is 0 Å². The summed E-state index contributed by atoms with van der Waals surface area (Å²) < 4.78 is 4.99. The maximum Gasteiger partial charge on any atom is 0.140 e. The fourth-order valence-electron chi connectivity index (χ4n) is 1.20. The minimum atomic E-state index is 0.333. The number of methoxy groups -OCH3 is 1. The van der Waals surface area contributed by atoms with Crippen LogP contribution in [0.4, 0.5) is 5.69 Å². The van der Waals surface area contributed by atoms with Gasteiger partial charge in [-0.25, -0.2) is 4.98 Å². The second kappa shape index (κ2) is 5.99. The number of anilines is 1. The van der Waals surface area contributed by atoms with Gasteiger partial charge in [-0.2, -0.15) is 5.26 Å². The van der Waals surface area contributed by atoms with Crippen LogP contribution in [0.15, 0.2) is 18.3 Å². The smallest absolute Gasteiger partial charge is 0.140 e. The lowest BCUT2D eigenvalue weighted by Crippen LogP contribution is -2.17. The first kappa shape index (κ1) is 11.5. The number of rotatable bonds is 5. The van der Waals surface area contributed by atoms with Gasteiger partial charge in [-0.3, -0.25) is 0 Å². The van der Waals surface area contributed by atoms with Gasteiger partial charge in [0.05, 0.1) is 11.9 Å². The number of nitriles is 1. The van der Waals surface area contributed by atoms with E-state index in [9.17, 15) is 0 Å². The van der Waals surface area contributed by atoms with E-state index < -0.39 is 0 Å². The van der Waals surface area contributed by atoms with Crippen molar-refractivity contribution >= 4 is 5.69 Å². The van der Waals surface area contributed by atoms with Crippen LogP contribution in [0.3, 0.4) is 0 Å². The molecule has 0 bridgehead atoms. The standard InChI is InChI=1S/C11H15N3O/c1-9(5-6-15-2)14-11-4-3-10(7-12)13-8-11/h3-4,8-9,14H,5-6H2,1-2H3. The van der Waals surface area contributed by atoms with Gasteiger partial charge in [0, 0.05) is 19.8 Å². The zero-order chi connectivity index (χ0) is 11.1. The van der Waals surface area contributed by atoms with Crippen LogP contribution in [-0.4, -0.2) is 24.7 Å². The molecule has 0 aromatic carbocycles. The summed E-state index contributed by atoms with van der Waals surface area (Å²) in [5.41, 5.74) is 1.36. The zero-order valence-electron chi connectivity index (χ0n) is 9.03. The van der Waals surface area contributed by atoms with Gasteiger partial charge in [-0.1, -0.05) is 0 Å². The molecule has 1 heterocycles. The lowest BCUT2D eigenvalue weighted by Gasteiger charge is -2.14. The molecule has 4 heteroatoms. The lowest BCUT2D eigenvalue weighted by molar-refractivity contribution is 0.191. The Hall–Kier alpha value is -1.60. The third-order valence-electron chi connectivity index (χ3n) is 2.05. The van der Waals surface area contributed by atoms with Crippen molar-refractivity contribution in [2.24, 2.45) is 0 Å². The van der Waals surface area contributed by atoms with Gasteiger partial charge in [-0.05, 0) is 25.5 Å². The summed E-state index contributed by atoms with van der Waals surface area (Å²) in [6.07, 6.45) is 2.61. The van der Waals surface area contributed by atoms with E-state index >= 15 is 0 Å². The third kappa shape index (κ3) is 3.96. The molecule has 1 aromatic rings. The highest BCUT2D eigenvalue weighted by Gasteiger charge is 2.01. The molecule has 4 nitrogen and oxygen atoms in total. The van der Waals surface area contributed by atoms with Gasteiger partial charge in [0.1, 0.15) is 11.8 Å². The van der Waals surface area contributed by atoms with Gasteiger partial charge < -0.3 is 10.1 Å². The largest absolute Gasteiger partial charge is 0.385 e. The normalized spacial score (nSPS) is 11.8. The van der Waals surface area contributed by atoms with Crippen molar-refractivity contribution in [2.45, 2.75) is 19.4 Å². The second-order valence-corrected chi connectivity index (χ2v) is 3.37. The molecule has 15 heavy (non-hydrogen) atoms. The van der Waals surface area contributed by atoms with E-state index in [0.29, 0.717) is 11.7 Å². The highest BCUT2D eigenvalue weighted by atomic mass is 16.5. The summed E-state index contributed by atoms with van der Waals surface area (Å²) in [6, 6.07) is 5.87. The van der Waals surface area contributed by atoms with Gasteiger partial charge >= 0.3 is 0 Å². The van der Waals surface area contributed by atoms with Crippen molar-refractivity contribution in [2.75, 3.05) is 19.0 Å². The van der Waals surface area contributed by atoms with Crippen molar-refractivity contribution in [1.29, 1.82) is 5.26 Å². The van der Waals surface area contributed by atoms with E-state index in [0.717, 1.165) is 18.7 Å². The molecular weight excluding hydrogens is 190 g/mol. The minimum Gasteiger partial charge on any atom is -0.385 e. The molecule has 80 valence electrons. The fourth-order valence-corrected chi connectivity index (χ4v) is 1.20. The Morgan fingerprint density at radius 1 is 1.60 bits per heavy atom. The summed E-state index contributed by atoms with van der Waals surface area (Å²) in [5.74, 6) is 0. The number of nitrogens with zero attached hydrogens (tertiary/aromatic N) is 2. The highest BCUT2D eigenvalue weighted by molar-refractivity contribution is 5.43. The molecule has 1 unspecified atom stereocenters. The highest BCUT2D eigenvalue weighted by Crippen LogP contribution is 2.08. The van der Waals surface area contributed by atoms with Crippen LogP contribution < -0.4 is 5.32 Å². The molecular formula is C11H15N3O. The summed E-state index contributed by atoms with van der Waals surface area (Å²) in [4.78, 5) is 3.98. The molecule has 0 amide bonds. The van der Waals surface area contributed by atoms with Crippen molar-refractivity contribution in [3.63, 3.8) is 0 Å². The number of hydrogen-bond acceptors (Lipinski definition) is 4. The lowest BCUT2D eigenvalue weighted by atomic mass is 10.2. The Balaban J connectivity index is 2.47. The van der Waals surface area contributed by atoms with Crippen LogP contribution in [0.5, 0.6) is 0 Å². The van der Waals surface area contributed by atoms with E-state index in [4.69, 9.17) is 10.00 Å². The molecule has 0 saturated heterocycles. The van der Waals surface area contributed by atoms with E-state index in [-0.39, 0.29) is 0 Å². The molecule has 1 rings (SSSR count). The second-order valence-electron chi connectivity index (χ2n) is 3.37. The summed E-state index contributed by atoms with van der Waals surface area (Å²) in [6.45, 7) is 2.81. The van der Waals surface area contributed by atoms with Crippen LogP contribution >= 0.6 is 0 Å². The molecule has 0 aliphatic carbocycles. The minimum absolute atomic E-state index is 0.333. The molecule has 0 spiro atoms. The Bertz CT molecular complexity index is 329. The number of hydrogen-bond donors (Lipinski definition) is 1. The first-order chi connectivity index (χ1) is 7.26. The van der Waals surface area contributed by atoms with Crippen molar-refractivity contribution in [3.8, 4) is 6.07 Å². The molecule has 0 aliphatic rings. The molecule has 0 aliphatic heterocycles. The molecule has 0 radical (unpaired) electrons. The van der Waals surface area contributed by atoms with Gasteiger partial charge in [-0.15, -0.1) is 0 Å².